The molecule has 0 N–H and O–H groups in total. The largest absolute Gasteiger partial charge is 0.497 e. The molecule has 0 aliphatic heterocycles. The van der Waals surface area contributed by atoms with E-state index in [-0.39, 0.29) is 5.56 Å². The Hall–Kier alpha value is -2.43. The van der Waals surface area contributed by atoms with Crippen LogP contribution in [0.4, 0.5) is 0 Å². The number of ether oxygens (including phenoxy) is 1. The first-order chi connectivity index (χ1) is 12.4. The van der Waals surface area contributed by atoms with Gasteiger partial charge in [0.15, 0.2) is 5.82 Å². The van der Waals surface area contributed by atoms with Crippen LogP contribution in [0.15, 0.2) is 50.1 Å². The Kier molecular flexibility index (Phi) is 5.25. The maximum atomic E-state index is 12.7. The third-order valence-electron chi connectivity index (χ3n) is 3.89. The van der Waals surface area contributed by atoms with Gasteiger partial charge >= 0.3 is 0 Å². The quantitative estimate of drug-likeness (QED) is 0.523. The molecule has 5 nitrogen and oxygen atoms in total. The number of methoxy groups -OCH3 is 1. The monoisotopic (exact) mass is 473 g/mol. The number of nitrogens with zero attached hydrogens (tertiary/aromatic N) is 3. The topological polar surface area (TPSA) is 67.9 Å². The van der Waals surface area contributed by atoms with Gasteiger partial charge in [0, 0.05) is 16.0 Å². The highest BCUT2D eigenvalue weighted by atomic mass is 79.9. The number of hydrogen-bond acceptors (Lipinski definition) is 4. The van der Waals surface area contributed by atoms with E-state index in [1.54, 1.807) is 26.3 Å². The summed E-state index contributed by atoms with van der Waals surface area (Å²) in [4.78, 5) is 17.3. The fourth-order valence-electron chi connectivity index (χ4n) is 2.55. The Morgan fingerprint density at radius 3 is 2.58 bits per heavy atom. The van der Waals surface area contributed by atoms with Crippen LogP contribution in [0.5, 0.6) is 5.75 Å². The van der Waals surface area contributed by atoms with Gasteiger partial charge < -0.3 is 4.74 Å². The first-order valence-corrected chi connectivity index (χ1v) is 9.15. The molecule has 0 atom stereocenters. The zero-order valence-electron chi connectivity index (χ0n) is 14.0. The van der Waals surface area contributed by atoms with Crippen molar-refractivity contribution in [1.82, 2.24) is 9.55 Å². The van der Waals surface area contributed by atoms with Crippen molar-refractivity contribution in [3.8, 4) is 11.8 Å². The maximum Gasteiger partial charge on any atom is 0.261 e. The van der Waals surface area contributed by atoms with Crippen LogP contribution < -0.4 is 10.3 Å². The van der Waals surface area contributed by atoms with E-state index in [1.807, 2.05) is 30.3 Å². The van der Waals surface area contributed by atoms with Crippen molar-refractivity contribution in [3.05, 3.63) is 67.1 Å². The Balaban J connectivity index is 2.21. The second-order valence-electron chi connectivity index (χ2n) is 5.53. The van der Waals surface area contributed by atoms with E-state index in [1.165, 1.54) is 4.57 Å². The summed E-state index contributed by atoms with van der Waals surface area (Å²) in [7, 11) is 3.20. The third-order valence-corrected chi connectivity index (χ3v) is 4.95. The highest BCUT2D eigenvalue weighted by molar-refractivity contribution is 9.11. The molecule has 26 heavy (non-hydrogen) atoms. The number of allylic oxidation sites excluding steroid dienone is 1. The molecule has 2 aromatic carbocycles. The maximum absolute atomic E-state index is 12.7. The van der Waals surface area contributed by atoms with Gasteiger partial charge in [0.05, 0.1) is 23.6 Å². The van der Waals surface area contributed by atoms with Gasteiger partial charge in [0.1, 0.15) is 11.8 Å². The molecule has 0 saturated heterocycles. The van der Waals surface area contributed by atoms with Gasteiger partial charge in [0.2, 0.25) is 0 Å². The van der Waals surface area contributed by atoms with E-state index >= 15 is 0 Å². The average Bonchev–Trinajstić information content (AvgIpc) is 2.64. The molecule has 1 aromatic heterocycles. The van der Waals surface area contributed by atoms with Crippen molar-refractivity contribution in [2.24, 2.45) is 7.05 Å². The second kappa shape index (κ2) is 7.44. The summed E-state index contributed by atoms with van der Waals surface area (Å²) in [5, 5.41) is 10.1. The standard InChI is InChI=1S/C19H13Br2N3O2/c1-24-18(12(10-22)7-11-3-5-14(26-2)6-4-11)23-17-15(19(24)25)8-13(20)9-16(17)21/h3-9H,1-2H3/b12-7+. The van der Waals surface area contributed by atoms with Crippen LogP contribution in [0.3, 0.4) is 0 Å². The van der Waals surface area contributed by atoms with Gasteiger partial charge in [-0.1, -0.05) is 28.1 Å². The molecule has 3 rings (SSSR count). The van der Waals surface area contributed by atoms with E-state index in [9.17, 15) is 10.1 Å². The van der Waals surface area contributed by atoms with Crippen LogP contribution in [-0.4, -0.2) is 16.7 Å². The molecule has 0 radical (unpaired) electrons. The molecular weight excluding hydrogens is 462 g/mol. The molecule has 7 heteroatoms. The lowest BCUT2D eigenvalue weighted by molar-refractivity contribution is 0.415. The minimum Gasteiger partial charge on any atom is -0.497 e. The van der Waals surface area contributed by atoms with Crippen LogP contribution in [0.25, 0.3) is 22.6 Å². The van der Waals surface area contributed by atoms with Gasteiger partial charge in [0.25, 0.3) is 5.56 Å². The van der Waals surface area contributed by atoms with Gasteiger partial charge in [-0.2, -0.15) is 5.26 Å². The Morgan fingerprint density at radius 2 is 1.96 bits per heavy atom. The van der Waals surface area contributed by atoms with E-state index < -0.39 is 0 Å². The van der Waals surface area contributed by atoms with Crippen molar-refractivity contribution < 1.29 is 4.74 Å². The summed E-state index contributed by atoms with van der Waals surface area (Å²) in [5.74, 6) is 1.04. The highest BCUT2D eigenvalue weighted by Gasteiger charge is 2.15. The predicted octanol–water partition coefficient (Wildman–Crippen LogP) is 4.53. The molecule has 0 fully saturated rings. The number of rotatable bonds is 3. The summed E-state index contributed by atoms with van der Waals surface area (Å²) in [6.07, 6.45) is 1.69. The van der Waals surface area contributed by atoms with Crippen LogP contribution in [0.1, 0.15) is 11.4 Å². The van der Waals surface area contributed by atoms with Crippen molar-refractivity contribution in [1.29, 1.82) is 5.26 Å². The number of aromatic nitrogens is 2. The van der Waals surface area contributed by atoms with Gasteiger partial charge in [-0.15, -0.1) is 0 Å². The minimum absolute atomic E-state index is 0.220. The van der Waals surface area contributed by atoms with Crippen molar-refractivity contribution >= 4 is 54.4 Å². The number of nitriles is 1. The summed E-state index contributed by atoms with van der Waals surface area (Å²) in [6, 6.07) is 13.0. The van der Waals surface area contributed by atoms with E-state index in [4.69, 9.17) is 4.74 Å². The fourth-order valence-corrected chi connectivity index (χ4v) is 3.87. The van der Waals surface area contributed by atoms with Gasteiger partial charge in [-0.05, 0) is 51.8 Å². The molecule has 0 aliphatic carbocycles. The minimum atomic E-state index is -0.220. The second-order valence-corrected chi connectivity index (χ2v) is 7.30. The molecule has 130 valence electrons. The summed E-state index contributed by atoms with van der Waals surface area (Å²) in [5.41, 5.74) is 1.41. The number of hydrogen-bond donors (Lipinski definition) is 0. The molecule has 3 aromatic rings. The summed E-state index contributed by atoms with van der Waals surface area (Å²) >= 11 is 6.82. The first-order valence-electron chi connectivity index (χ1n) is 7.56. The van der Waals surface area contributed by atoms with Crippen LogP contribution in [-0.2, 0) is 7.05 Å². The molecule has 0 spiro atoms. The van der Waals surface area contributed by atoms with Crippen LogP contribution >= 0.6 is 31.9 Å². The Bertz CT molecular complexity index is 1130. The molecule has 1 heterocycles. The molecule has 0 bridgehead atoms. The lowest BCUT2D eigenvalue weighted by atomic mass is 10.1. The smallest absolute Gasteiger partial charge is 0.261 e. The lowest BCUT2D eigenvalue weighted by Gasteiger charge is -2.10. The first kappa shape index (κ1) is 18.4. The van der Waals surface area contributed by atoms with Crippen molar-refractivity contribution in [2.45, 2.75) is 0 Å². The lowest BCUT2D eigenvalue weighted by Crippen LogP contribution is -2.22. The normalized spacial score (nSPS) is 11.4. The van der Waals surface area contributed by atoms with Gasteiger partial charge in [-0.3, -0.25) is 9.36 Å². The molecule has 0 saturated carbocycles. The van der Waals surface area contributed by atoms with E-state index in [2.05, 4.69) is 42.9 Å². The molecule has 0 aliphatic rings. The fraction of sp³-hybridized carbons (Fsp3) is 0.105. The van der Waals surface area contributed by atoms with Crippen LogP contribution in [0.2, 0.25) is 0 Å². The number of benzene rings is 2. The Morgan fingerprint density at radius 1 is 1.27 bits per heavy atom. The highest BCUT2D eigenvalue weighted by Crippen LogP contribution is 2.27. The SMILES string of the molecule is COc1ccc(/C=C(\C#N)c2nc3c(Br)cc(Br)cc3c(=O)n2C)cc1. The zero-order valence-corrected chi connectivity index (χ0v) is 17.1. The average molecular weight is 475 g/mol. The van der Waals surface area contributed by atoms with Crippen molar-refractivity contribution in [3.63, 3.8) is 0 Å². The van der Waals surface area contributed by atoms with Gasteiger partial charge in [-0.25, -0.2) is 4.98 Å². The molecule has 0 amide bonds. The zero-order chi connectivity index (χ0) is 18.8. The number of halogens is 2. The summed E-state index contributed by atoms with van der Waals surface area (Å²) in [6.45, 7) is 0. The van der Waals surface area contributed by atoms with Crippen molar-refractivity contribution in [2.75, 3.05) is 7.11 Å². The summed E-state index contributed by atoms with van der Waals surface area (Å²) < 4.78 is 7.99. The molecular formula is C19H13Br2N3O2. The Labute approximate surface area is 166 Å². The predicted molar refractivity (Wildman–Crippen MR) is 109 cm³/mol. The third kappa shape index (κ3) is 3.43. The van der Waals surface area contributed by atoms with E-state index in [0.717, 1.165) is 15.8 Å². The van der Waals surface area contributed by atoms with E-state index in [0.29, 0.717) is 26.8 Å². The van der Waals surface area contributed by atoms with Crippen LogP contribution in [0, 0.1) is 11.3 Å². The molecule has 0 unspecified atom stereocenters. The number of fused-ring (bicyclic) bond motifs is 1.